The molecule has 0 radical (unpaired) electrons. The fourth-order valence-electron chi connectivity index (χ4n) is 3.10. The van der Waals surface area contributed by atoms with Gasteiger partial charge in [0.05, 0.1) is 18.6 Å². The summed E-state index contributed by atoms with van der Waals surface area (Å²) in [6.45, 7) is 4.00. The second-order valence-corrected chi connectivity index (χ2v) is 5.33. The number of ether oxygens (including phenoxy) is 1. The summed E-state index contributed by atoms with van der Waals surface area (Å²) in [5.41, 5.74) is 2.91. The molecule has 2 aliphatic rings. The fraction of sp³-hybridized carbons (Fsp3) is 0.571. The second-order valence-electron chi connectivity index (χ2n) is 5.33. The zero-order chi connectivity index (χ0) is 11.2. The van der Waals surface area contributed by atoms with E-state index in [1.54, 1.807) is 0 Å². The lowest BCUT2D eigenvalue weighted by Gasteiger charge is -2.48. The minimum absolute atomic E-state index is 0.0904. The lowest BCUT2D eigenvalue weighted by atomic mass is 9.65. The van der Waals surface area contributed by atoms with Gasteiger partial charge < -0.3 is 9.84 Å². The van der Waals surface area contributed by atoms with E-state index in [9.17, 15) is 5.11 Å². The summed E-state index contributed by atoms with van der Waals surface area (Å²) in [5.74, 6) is 0. The van der Waals surface area contributed by atoms with Crippen molar-refractivity contribution in [1.29, 1.82) is 0 Å². The topological polar surface area (TPSA) is 29.5 Å². The van der Waals surface area contributed by atoms with E-state index in [-0.39, 0.29) is 10.8 Å². The predicted molar refractivity (Wildman–Crippen MR) is 62.4 cm³/mol. The van der Waals surface area contributed by atoms with Crippen LogP contribution in [-0.2, 0) is 10.2 Å². The van der Waals surface area contributed by atoms with Crippen LogP contribution in [0.25, 0.3) is 0 Å². The highest BCUT2D eigenvalue weighted by molar-refractivity contribution is 5.40. The van der Waals surface area contributed by atoms with Gasteiger partial charge in [0.25, 0.3) is 0 Å². The summed E-state index contributed by atoms with van der Waals surface area (Å²) < 4.78 is 5.46. The third-order valence-electron chi connectivity index (χ3n) is 4.53. The van der Waals surface area contributed by atoms with Gasteiger partial charge in [-0.3, -0.25) is 0 Å². The van der Waals surface area contributed by atoms with Gasteiger partial charge in [-0.25, -0.2) is 0 Å². The Bertz CT molecular complexity index is 403. The highest BCUT2D eigenvalue weighted by atomic mass is 16.5. The smallest absolute Gasteiger partial charge is 0.0592 e. The number of aryl methyl sites for hydroxylation is 1. The van der Waals surface area contributed by atoms with Crippen LogP contribution in [0.3, 0.4) is 0 Å². The number of benzene rings is 1. The van der Waals surface area contributed by atoms with Crippen molar-refractivity contribution >= 4 is 0 Å². The molecule has 1 N–H and O–H groups in total. The average Bonchev–Trinajstić information content (AvgIpc) is 3.01. The Balaban J connectivity index is 2.06. The van der Waals surface area contributed by atoms with E-state index in [0.29, 0.717) is 6.61 Å². The van der Waals surface area contributed by atoms with Gasteiger partial charge in [0.1, 0.15) is 0 Å². The molecule has 16 heavy (non-hydrogen) atoms. The first-order chi connectivity index (χ1) is 7.74. The zero-order valence-corrected chi connectivity index (χ0v) is 9.70. The van der Waals surface area contributed by atoms with E-state index in [1.165, 1.54) is 11.1 Å². The van der Waals surface area contributed by atoms with Gasteiger partial charge in [0.2, 0.25) is 0 Å². The Labute approximate surface area is 96.2 Å². The van der Waals surface area contributed by atoms with Crippen molar-refractivity contribution in [3.05, 3.63) is 35.4 Å². The van der Waals surface area contributed by atoms with Crippen LogP contribution in [0.2, 0.25) is 0 Å². The normalized spacial score (nSPS) is 24.9. The first-order valence-electron chi connectivity index (χ1n) is 5.99. The van der Waals surface area contributed by atoms with E-state index in [1.807, 2.05) is 0 Å². The van der Waals surface area contributed by atoms with Crippen LogP contribution in [0.4, 0.5) is 0 Å². The standard InChI is InChI=1S/C14H18O2/c1-11-4-2-3-5-12(11)14(9-16-10-14)13(8-15)6-7-13/h2-5,15H,6-10H2,1H3. The summed E-state index contributed by atoms with van der Waals surface area (Å²) in [4.78, 5) is 0. The summed E-state index contributed by atoms with van der Waals surface area (Å²) in [5, 5.41) is 9.65. The van der Waals surface area contributed by atoms with Crippen molar-refractivity contribution < 1.29 is 9.84 Å². The molecule has 2 fully saturated rings. The molecule has 2 heteroatoms. The van der Waals surface area contributed by atoms with Crippen molar-refractivity contribution in [3.63, 3.8) is 0 Å². The maximum Gasteiger partial charge on any atom is 0.0592 e. The van der Waals surface area contributed by atoms with E-state index in [2.05, 4.69) is 31.2 Å². The summed E-state index contributed by atoms with van der Waals surface area (Å²) in [6, 6.07) is 8.52. The van der Waals surface area contributed by atoms with Crippen molar-refractivity contribution in [2.75, 3.05) is 19.8 Å². The Hall–Kier alpha value is -0.860. The molecule has 1 saturated carbocycles. The third kappa shape index (κ3) is 1.14. The molecular formula is C14H18O2. The van der Waals surface area contributed by atoms with Crippen LogP contribution >= 0.6 is 0 Å². The van der Waals surface area contributed by atoms with Crippen LogP contribution in [0.5, 0.6) is 0 Å². The van der Waals surface area contributed by atoms with Crippen LogP contribution in [0, 0.1) is 12.3 Å². The molecule has 1 saturated heterocycles. The number of hydrogen-bond acceptors (Lipinski definition) is 2. The average molecular weight is 218 g/mol. The van der Waals surface area contributed by atoms with Gasteiger partial charge in [0.15, 0.2) is 0 Å². The van der Waals surface area contributed by atoms with Crippen molar-refractivity contribution in [2.45, 2.75) is 25.2 Å². The van der Waals surface area contributed by atoms with Crippen molar-refractivity contribution in [2.24, 2.45) is 5.41 Å². The molecule has 0 aromatic heterocycles. The van der Waals surface area contributed by atoms with Crippen molar-refractivity contribution in [1.82, 2.24) is 0 Å². The van der Waals surface area contributed by atoms with E-state index in [4.69, 9.17) is 4.74 Å². The molecule has 0 unspecified atom stereocenters. The molecule has 1 heterocycles. The SMILES string of the molecule is Cc1ccccc1C1(C2(CO)CC2)COC1. The molecule has 0 atom stereocenters. The van der Waals surface area contributed by atoms with Gasteiger partial charge in [-0.2, -0.15) is 0 Å². The summed E-state index contributed by atoms with van der Waals surface area (Å²) in [6.07, 6.45) is 2.28. The molecular weight excluding hydrogens is 200 g/mol. The molecule has 1 aliphatic heterocycles. The molecule has 0 bridgehead atoms. The summed E-state index contributed by atoms with van der Waals surface area (Å²) >= 11 is 0. The highest BCUT2D eigenvalue weighted by Gasteiger charge is 2.63. The molecule has 1 aliphatic carbocycles. The van der Waals surface area contributed by atoms with Gasteiger partial charge in [-0.1, -0.05) is 24.3 Å². The minimum atomic E-state index is 0.0904. The molecule has 86 valence electrons. The molecule has 2 nitrogen and oxygen atoms in total. The van der Waals surface area contributed by atoms with Crippen LogP contribution in [0.1, 0.15) is 24.0 Å². The van der Waals surface area contributed by atoms with Crippen LogP contribution in [0.15, 0.2) is 24.3 Å². The van der Waals surface area contributed by atoms with Gasteiger partial charge >= 0.3 is 0 Å². The van der Waals surface area contributed by atoms with Crippen molar-refractivity contribution in [3.8, 4) is 0 Å². The molecule has 0 amide bonds. The number of aliphatic hydroxyl groups excluding tert-OH is 1. The lowest BCUT2D eigenvalue weighted by Crippen LogP contribution is -2.55. The fourth-order valence-corrected chi connectivity index (χ4v) is 3.10. The first-order valence-corrected chi connectivity index (χ1v) is 5.99. The molecule has 1 aromatic rings. The van der Waals surface area contributed by atoms with Gasteiger partial charge in [-0.15, -0.1) is 0 Å². The van der Waals surface area contributed by atoms with E-state index >= 15 is 0 Å². The first kappa shape index (κ1) is 10.3. The quantitative estimate of drug-likeness (QED) is 0.841. The van der Waals surface area contributed by atoms with Crippen LogP contribution < -0.4 is 0 Å². The van der Waals surface area contributed by atoms with Gasteiger partial charge in [-0.05, 0) is 30.9 Å². The van der Waals surface area contributed by atoms with Crippen LogP contribution in [-0.4, -0.2) is 24.9 Å². The lowest BCUT2D eigenvalue weighted by molar-refractivity contribution is -0.110. The Morgan fingerprint density at radius 2 is 1.94 bits per heavy atom. The zero-order valence-electron chi connectivity index (χ0n) is 9.70. The third-order valence-corrected chi connectivity index (χ3v) is 4.53. The largest absolute Gasteiger partial charge is 0.396 e. The Morgan fingerprint density at radius 3 is 2.38 bits per heavy atom. The highest BCUT2D eigenvalue weighted by Crippen LogP contribution is 2.62. The van der Waals surface area contributed by atoms with Gasteiger partial charge in [0, 0.05) is 12.0 Å². The molecule has 1 aromatic carbocycles. The number of hydrogen-bond donors (Lipinski definition) is 1. The van der Waals surface area contributed by atoms with E-state index in [0.717, 1.165) is 26.1 Å². The minimum Gasteiger partial charge on any atom is -0.396 e. The Morgan fingerprint density at radius 1 is 1.25 bits per heavy atom. The summed E-state index contributed by atoms with van der Waals surface area (Å²) in [7, 11) is 0. The Kier molecular flexibility index (Phi) is 2.13. The second kappa shape index (κ2) is 3.31. The van der Waals surface area contributed by atoms with E-state index < -0.39 is 0 Å². The maximum atomic E-state index is 9.65. The monoisotopic (exact) mass is 218 g/mol. The molecule has 3 rings (SSSR count). The molecule has 0 spiro atoms. The number of aliphatic hydroxyl groups is 1. The maximum absolute atomic E-state index is 9.65. The number of rotatable bonds is 3. The predicted octanol–water partition coefficient (Wildman–Crippen LogP) is 2.04.